The van der Waals surface area contributed by atoms with Crippen molar-refractivity contribution in [1.82, 2.24) is 0 Å². The molecule has 0 saturated carbocycles. The van der Waals surface area contributed by atoms with Crippen LogP contribution in [0.25, 0.3) is 0 Å². The molecule has 0 heterocycles. The first-order chi connectivity index (χ1) is 10.7. The second kappa shape index (κ2) is 14.5. The van der Waals surface area contributed by atoms with Gasteiger partial charge in [-0.05, 0) is 26.7 Å². The van der Waals surface area contributed by atoms with E-state index < -0.39 is 0 Å². The van der Waals surface area contributed by atoms with Crippen molar-refractivity contribution in [3.05, 3.63) is 0 Å². The van der Waals surface area contributed by atoms with Crippen molar-refractivity contribution in [3.8, 4) is 0 Å². The lowest BCUT2D eigenvalue weighted by Crippen LogP contribution is -2.43. The fraction of sp³-hybridized carbons (Fsp3) is 1.00. The van der Waals surface area contributed by atoms with E-state index in [2.05, 4.69) is 34.6 Å². The van der Waals surface area contributed by atoms with E-state index >= 15 is 0 Å². The van der Waals surface area contributed by atoms with Crippen molar-refractivity contribution in [2.75, 3.05) is 13.2 Å². The third-order valence-electron chi connectivity index (χ3n) is 4.65. The Kier molecular flexibility index (Phi) is 14.5. The molecule has 0 saturated heterocycles. The van der Waals surface area contributed by atoms with Gasteiger partial charge in [-0.25, -0.2) is 0 Å². The first-order valence-corrected chi connectivity index (χ1v) is 9.94. The van der Waals surface area contributed by atoms with Crippen molar-refractivity contribution >= 4 is 0 Å². The fourth-order valence-electron chi connectivity index (χ4n) is 3.28. The van der Waals surface area contributed by atoms with Crippen LogP contribution in [-0.2, 0) is 9.47 Å². The highest BCUT2D eigenvalue weighted by Gasteiger charge is 2.36. The number of hydrogen-bond donors (Lipinski definition) is 0. The minimum atomic E-state index is -0.345. The highest BCUT2D eigenvalue weighted by atomic mass is 16.7. The Morgan fingerprint density at radius 1 is 0.682 bits per heavy atom. The molecule has 2 nitrogen and oxygen atoms in total. The zero-order valence-corrected chi connectivity index (χ0v) is 16.1. The Balaban J connectivity index is 4.35. The van der Waals surface area contributed by atoms with Crippen LogP contribution in [0.3, 0.4) is 0 Å². The van der Waals surface area contributed by atoms with Gasteiger partial charge in [0.25, 0.3) is 0 Å². The van der Waals surface area contributed by atoms with Gasteiger partial charge < -0.3 is 9.47 Å². The zero-order valence-electron chi connectivity index (χ0n) is 16.1. The standard InChI is InChI=1S/C20H42O2/c1-6-10-12-13-14-15-17-19(5)20(21-8-3,22-9-4)18-16-11-7-2/h19H,6-18H2,1-5H3. The number of unbranched alkanes of at least 4 members (excludes halogenated alkanes) is 7. The van der Waals surface area contributed by atoms with E-state index in [9.17, 15) is 0 Å². The van der Waals surface area contributed by atoms with Gasteiger partial charge in [0.2, 0.25) is 0 Å². The molecule has 2 heteroatoms. The number of rotatable bonds is 16. The van der Waals surface area contributed by atoms with Crippen LogP contribution in [0.15, 0.2) is 0 Å². The molecule has 134 valence electrons. The molecular weight excluding hydrogens is 272 g/mol. The van der Waals surface area contributed by atoms with E-state index in [1.54, 1.807) is 0 Å². The van der Waals surface area contributed by atoms with E-state index in [0.717, 1.165) is 19.6 Å². The summed E-state index contributed by atoms with van der Waals surface area (Å²) in [5, 5.41) is 0. The first-order valence-electron chi connectivity index (χ1n) is 9.94. The molecule has 0 aliphatic heterocycles. The van der Waals surface area contributed by atoms with Gasteiger partial charge >= 0.3 is 0 Å². The maximum Gasteiger partial charge on any atom is 0.170 e. The Labute approximate surface area is 140 Å². The molecule has 0 fully saturated rings. The molecule has 1 unspecified atom stereocenters. The van der Waals surface area contributed by atoms with Crippen LogP contribution in [0.1, 0.15) is 105 Å². The van der Waals surface area contributed by atoms with Gasteiger partial charge in [-0.1, -0.05) is 72.1 Å². The van der Waals surface area contributed by atoms with Crippen molar-refractivity contribution < 1.29 is 9.47 Å². The van der Waals surface area contributed by atoms with Crippen molar-refractivity contribution in [2.45, 2.75) is 111 Å². The minimum Gasteiger partial charge on any atom is -0.350 e. The monoisotopic (exact) mass is 314 g/mol. The van der Waals surface area contributed by atoms with E-state index in [0.29, 0.717) is 5.92 Å². The summed E-state index contributed by atoms with van der Waals surface area (Å²) in [7, 11) is 0. The molecule has 0 aromatic rings. The Morgan fingerprint density at radius 3 is 1.73 bits per heavy atom. The van der Waals surface area contributed by atoms with Crippen LogP contribution >= 0.6 is 0 Å². The number of hydrogen-bond acceptors (Lipinski definition) is 2. The summed E-state index contributed by atoms with van der Waals surface area (Å²) in [6.45, 7) is 12.5. The zero-order chi connectivity index (χ0) is 16.7. The van der Waals surface area contributed by atoms with Crippen LogP contribution in [0.5, 0.6) is 0 Å². The summed E-state index contributed by atoms with van der Waals surface area (Å²) >= 11 is 0. The highest BCUT2D eigenvalue weighted by Crippen LogP contribution is 2.33. The van der Waals surface area contributed by atoms with Gasteiger partial charge in [0.1, 0.15) is 0 Å². The minimum absolute atomic E-state index is 0.345. The van der Waals surface area contributed by atoms with Gasteiger partial charge in [-0.3, -0.25) is 0 Å². The van der Waals surface area contributed by atoms with Crippen LogP contribution in [0.4, 0.5) is 0 Å². The van der Waals surface area contributed by atoms with Crippen LogP contribution < -0.4 is 0 Å². The van der Waals surface area contributed by atoms with E-state index in [1.807, 2.05) is 0 Å². The van der Waals surface area contributed by atoms with Gasteiger partial charge in [-0.15, -0.1) is 0 Å². The summed E-state index contributed by atoms with van der Waals surface area (Å²) < 4.78 is 12.3. The lowest BCUT2D eigenvalue weighted by Gasteiger charge is -2.39. The maximum atomic E-state index is 6.15. The van der Waals surface area contributed by atoms with Crippen molar-refractivity contribution in [1.29, 1.82) is 0 Å². The molecule has 0 bridgehead atoms. The lowest BCUT2D eigenvalue weighted by molar-refractivity contribution is -0.266. The Morgan fingerprint density at radius 2 is 1.18 bits per heavy atom. The van der Waals surface area contributed by atoms with E-state index in [1.165, 1.54) is 64.2 Å². The highest BCUT2D eigenvalue weighted by molar-refractivity contribution is 4.77. The molecule has 0 aromatic carbocycles. The molecule has 0 amide bonds. The lowest BCUT2D eigenvalue weighted by atomic mass is 9.89. The van der Waals surface area contributed by atoms with Gasteiger partial charge in [0.05, 0.1) is 0 Å². The van der Waals surface area contributed by atoms with Gasteiger partial charge in [0.15, 0.2) is 5.79 Å². The predicted molar refractivity (Wildman–Crippen MR) is 97.3 cm³/mol. The third-order valence-corrected chi connectivity index (χ3v) is 4.65. The van der Waals surface area contributed by atoms with E-state index in [-0.39, 0.29) is 5.79 Å². The summed E-state index contributed by atoms with van der Waals surface area (Å²) in [6.07, 6.45) is 14.1. The third kappa shape index (κ3) is 9.15. The smallest absolute Gasteiger partial charge is 0.170 e. The maximum absolute atomic E-state index is 6.15. The SMILES string of the molecule is CCCCCCCCC(C)C(CCCCC)(OCC)OCC. The topological polar surface area (TPSA) is 18.5 Å². The summed E-state index contributed by atoms with van der Waals surface area (Å²) in [5.74, 6) is 0.137. The predicted octanol–water partition coefficient (Wildman–Crippen LogP) is 6.72. The second-order valence-corrected chi connectivity index (χ2v) is 6.59. The average molecular weight is 315 g/mol. The largest absolute Gasteiger partial charge is 0.350 e. The quantitative estimate of drug-likeness (QED) is 0.232. The molecule has 0 aromatic heterocycles. The molecule has 1 atom stereocenters. The molecule has 0 N–H and O–H groups in total. The molecule has 0 rings (SSSR count). The molecular formula is C20H42O2. The molecule has 22 heavy (non-hydrogen) atoms. The first kappa shape index (κ1) is 21.9. The van der Waals surface area contributed by atoms with E-state index in [4.69, 9.17) is 9.47 Å². The van der Waals surface area contributed by atoms with Crippen LogP contribution in [-0.4, -0.2) is 19.0 Å². The van der Waals surface area contributed by atoms with Gasteiger partial charge in [-0.2, -0.15) is 0 Å². The normalized spacial score (nSPS) is 13.5. The van der Waals surface area contributed by atoms with Crippen LogP contribution in [0.2, 0.25) is 0 Å². The van der Waals surface area contributed by atoms with Crippen molar-refractivity contribution in [2.24, 2.45) is 5.92 Å². The van der Waals surface area contributed by atoms with Crippen LogP contribution in [0, 0.1) is 5.92 Å². The van der Waals surface area contributed by atoms with Crippen molar-refractivity contribution in [3.63, 3.8) is 0 Å². The molecule has 0 radical (unpaired) electrons. The Hall–Kier alpha value is -0.0800. The number of ether oxygens (including phenoxy) is 2. The summed E-state index contributed by atoms with van der Waals surface area (Å²) in [4.78, 5) is 0. The average Bonchev–Trinajstić information content (AvgIpc) is 2.51. The molecule has 0 aliphatic rings. The fourth-order valence-corrected chi connectivity index (χ4v) is 3.28. The molecule has 0 aliphatic carbocycles. The summed E-state index contributed by atoms with van der Waals surface area (Å²) in [6, 6.07) is 0. The van der Waals surface area contributed by atoms with Gasteiger partial charge in [0, 0.05) is 25.6 Å². The summed E-state index contributed by atoms with van der Waals surface area (Å²) in [5.41, 5.74) is 0. The Bertz CT molecular complexity index is 222. The molecule has 0 spiro atoms. The second-order valence-electron chi connectivity index (χ2n) is 6.59.